The molecule has 1 atom stereocenters. The highest BCUT2D eigenvalue weighted by molar-refractivity contribution is 9.12. The lowest BCUT2D eigenvalue weighted by atomic mass is 10.1. The topological polar surface area (TPSA) is 107 Å². The second-order valence-electron chi connectivity index (χ2n) is 4.71. The molecule has 138 valence electrons. The van der Waals surface area contributed by atoms with Gasteiger partial charge in [0.15, 0.2) is 11.5 Å². The van der Waals surface area contributed by atoms with Crippen LogP contribution in [0.25, 0.3) is 0 Å². The van der Waals surface area contributed by atoms with Crippen LogP contribution in [-0.4, -0.2) is 29.7 Å². The zero-order chi connectivity index (χ0) is 17.7. The quantitative estimate of drug-likeness (QED) is 0.547. The molecule has 11 heteroatoms. The number of carbonyl (C=O) groups excluding carboxylic acids is 2. The lowest BCUT2D eigenvalue weighted by Gasteiger charge is -2.16. The van der Waals surface area contributed by atoms with E-state index in [4.69, 9.17) is 15.0 Å². The summed E-state index contributed by atoms with van der Waals surface area (Å²) < 4.78 is 11.7. The number of nitrogens with zero attached hydrogens (tertiary/aromatic N) is 1. The number of halogens is 3. The number of thiophene rings is 1. The van der Waals surface area contributed by atoms with Gasteiger partial charge in [-0.05, 0) is 50.4 Å². The predicted octanol–water partition coefficient (Wildman–Crippen LogP) is 3.05. The highest BCUT2D eigenvalue weighted by Crippen LogP contribution is 2.32. The van der Waals surface area contributed by atoms with Gasteiger partial charge in [-0.15, -0.1) is 23.7 Å². The third-order valence-corrected chi connectivity index (χ3v) is 5.48. The number of nitrogens with two attached hydrogens (primary N) is 1. The van der Waals surface area contributed by atoms with Crippen LogP contribution in [0, 0.1) is 0 Å². The number of aromatic nitrogens is 1. The van der Waals surface area contributed by atoms with Gasteiger partial charge in [0.1, 0.15) is 6.04 Å². The van der Waals surface area contributed by atoms with E-state index < -0.39 is 17.9 Å². The number of hydrogen-bond donors (Lipinski definition) is 2. The molecule has 25 heavy (non-hydrogen) atoms. The molecule has 2 rings (SSSR count). The van der Waals surface area contributed by atoms with Gasteiger partial charge in [0.2, 0.25) is 0 Å². The van der Waals surface area contributed by atoms with Crippen LogP contribution >= 0.6 is 55.6 Å². The van der Waals surface area contributed by atoms with Crippen LogP contribution in [0.5, 0.6) is 0 Å². The second kappa shape index (κ2) is 10.3. The average molecular weight is 518 g/mol. The Labute approximate surface area is 171 Å². The summed E-state index contributed by atoms with van der Waals surface area (Å²) in [6, 6.07) is 2.48. The van der Waals surface area contributed by atoms with E-state index >= 15 is 0 Å². The SMILES string of the molecule is CCOC(=O)C(Cc1cc(Br)sc1Br)NC(=O)c1cc(CN)on1.Cl. The summed E-state index contributed by atoms with van der Waals surface area (Å²) in [5, 5.41) is 6.27. The summed E-state index contributed by atoms with van der Waals surface area (Å²) in [5.41, 5.74) is 6.37. The molecule has 0 spiro atoms. The summed E-state index contributed by atoms with van der Waals surface area (Å²) in [7, 11) is 0. The molecule has 1 unspecified atom stereocenters. The van der Waals surface area contributed by atoms with E-state index in [1.54, 1.807) is 6.92 Å². The fourth-order valence-electron chi connectivity index (χ4n) is 1.92. The van der Waals surface area contributed by atoms with Gasteiger partial charge in [-0.25, -0.2) is 4.79 Å². The van der Waals surface area contributed by atoms with E-state index in [9.17, 15) is 9.59 Å². The molecule has 7 nitrogen and oxygen atoms in total. The van der Waals surface area contributed by atoms with Gasteiger partial charge >= 0.3 is 5.97 Å². The van der Waals surface area contributed by atoms with Crippen molar-refractivity contribution in [3.05, 3.63) is 36.7 Å². The number of rotatable bonds is 7. The van der Waals surface area contributed by atoms with Gasteiger partial charge in [0.05, 0.1) is 20.7 Å². The molecule has 0 radical (unpaired) electrons. The Bertz CT molecular complexity index is 737. The van der Waals surface area contributed by atoms with E-state index in [2.05, 4.69) is 42.3 Å². The highest BCUT2D eigenvalue weighted by Gasteiger charge is 2.26. The Morgan fingerprint density at radius 3 is 2.68 bits per heavy atom. The van der Waals surface area contributed by atoms with E-state index in [-0.39, 0.29) is 37.7 Å². The Kier molecular flexibility index (Phi) is 9.08. The Morgan fingerprint density at radius 2 is 2.16 bits per heavy atom. The van der Waals surface area contributed by atoms with Crippen molar-refractivity contribution in [2.45, 2.75) is 25.9 Å². The maximum Gasteiger partial charge on any atom is 0.328 e. The first kappa shape index (κ1) is 22.1. The second-order valence-corrected chi connectivity index (χ2v) is 8.46. The molecule has 3 N–H and O–H groups in total. The summed E-state index contributed by atoms with van der Waals surface area (Å²) in [4.78, 5) is 24.4. The van der Waals surface area contributed by atoms with Crippen molar-refractivity contribution in [3.8, 4) is 0 Å². The molecule has 0 aliphatic rings. The van der Waals surface area contributed by atoms with Crippen molar-refractivity contribution in [1.82, 2.24) is 10.5 Å². The third-order valence-electron chi connectivity index (χ3n) is 3.02. The first-order valence-corrected chi connectivity index (χ1v) is 9.41. The van der Waals surface area contributed by atoms with Crippen molar-refractivity contribution in [1.29, 1.82) is 0 Å². The fraction of sp³-hybridized carbons (Fsp3) is 0.357. The molecular weight excluding hydrogens is 501 g/mol. The smallest absolute Gasteiger partial charge is 0.328 e. The summed E-state index contributed by atoms with van der Waals surface area (Å²) in [5.74, 6) is -0.651. The maximum atomic E-state index is 12.3. The lowest BCUT2D eigenvalue weighted by Crippen LogP contribution is -2.43. The molecule has 0 aromatic carbocycles. The van der Waals surface area contributed by atoms with Crippen LogP contribution in [0.1, 0.15) is 28.7 Å². The van der Waals surface area contributed by atoms with E-state index in [0.29, 0.717) is 5.76 Å². The molecule has 2 aromatic rings. The fourth-order valence-corrected chi connectivity index (χ4v) is 4.78. The van der Waals surface area contributed by atoms with Gasteiger partial charge in [-0.3, -0.25) is 4.79 Å². The van der Waals surface area contributed by atoms with Crippen LogP contribution in [0.3, 0.4) is 0 Å². The van der Waals surface area contributed by atoms with Gasteiger partial charge in [0.25, 0.3) is 5.91 Å². The Balaban J connectivity index is 0.00000312. The largest absolute Gasteiger partial charge is 0.464 e. The van der Waals surface area contributed by atoms with Crippen molar-refractivity contribution in [3.63, 3.8) is 0 Å². The molecule has 0 aliphatic heterocycles. The normalized spacial score (nSPS) is 11.5. The molecule has 0 saturated heterocycles. The highest BCUT2D eigenvalue weighted by atomic mass is 79.9. The van der Waals surface area contributed by atoms with Crippen LogP contribution in [0.4, 0.5) is 0 Å². The Hall–Kier alpha value is -0.940. The third kappa shape index (κ3) is 6.07. The minimum Gasteiger partial charge on any atom is -0.464 e. The molecule has 0 fully saturated rings. The molecule has 2 aromatic heterocycles. The Morgan fingerprint density at radius 1 is 1.44 bits per heavy atom. The molecule has 0 saturated carbocycles. The van der Waals surface area contributed by atoms with Crippen molar-refractivity contribution in [2.75, 3.05) is 6.61 Å². The monoisotopic (exact) mass is 515 g/mol. The zero-order valence-electron chi connectivity index (χ0n) is 13.1. The average Bonchev–Trinajstić information content (AvgIpc) is 3.13. The van der Waals surface area contributed by atoms with Crippen LogP contribution in [0.2, 0.25) is 0 Å². The standard InChI is InChI=1S/C14H15Br2N3O4S.ClH/c1-2-22-14(21)10(3-7-4-11(15)24-12(7)16)18-13(20)9-5-8(6-17)23-19-9;/h4-5,10H,2-3,6,17H2,1H3,(H,18,20);1H. The van der Waals surface area contributed by atoms with Crippen molar-refractivity contribution in [2.24, 2.45) is 5.73 Å². The van der Waals surface area contributed by atoms with E-state index in [0.717, 1.165) is 13.1 Å². The lowest BCUT2D eigenvalue weighted by molar-refractivity contribution is -0.145. The first-order valence-electron chi connectivity index (χ1n) is 7.01. The van der Waals surface area contributed by atoms with Gasteiger partial charge in [0, 0.05) is 12.5 Å². The summed E-state index contributed by atoms with van der Waals surface area (Å²) >= 11 is 8.31. The number of ether oxygens (including phenoxy) is 1. The van der Waals surface area contributed by atoms with Crippen LogP contribution < -0.4 is 11.1 Å². The number of carbonyl (C=O) groups is 2. The minimum absolute atomic E-state index is 0. The van der Waals surface area contributed by atoms with Crippen molar-refractivity contribution >= 4 is 67.5 Å². The van der Waals surface area contributed by atoms with Crippen LogP contribution in [-0.2, 0) is 22.5 Å². The van der Waals surface area contributed by atoms with Gasteiger partial charge in [-0.1, -0.05) is 5.16 Å². The number of amides is 1. The van der Waals surface area contributed by atoms with Crippen LogP contribution in [0.15, 0.2) is 24.2 Å². The predicted molar refractivity (Wildman–Crippen MR) is 103 cm³/mol. The molecule has 1 amide bonds. The van der Waals surface area contributed by atoms with E-state index in [1.807, 2.05) is 6.07 Å². The summed E-state index contributed by atoms with van der Waals surface area (Å²) in [6.07, 6.45) is 0.287. The zero-order valence-corrected chi connectivity index (χ0v) is 17.9. The number of hydrogen-bond acceptors (Lipinski definition) is 7. The van der Waals surface area contributed by atoms with Gasteiger partial charge < -0.3 is 20.3 Å². The van der Waals surface area contributed by atoms with Crippen molar-refractivity contribution < 1.29 is 18.8 Å². The molecular formula is C14H16Br2ClN3O4S. The van der Waals surface area contributed by atoms with E-state index in [1.165, 1.54) is 17.4 Å². The minimum atomic E-state index is -0.840. The number of nitrogens with one attached hydrogen (secondary N) is 1. The first-order chi connectivity index (χ1) is 11.4. The molecule has 0 aliphatic carbocycles. The molecule has 0 bridgehead atoms. The van der Waals surface area contributed by atoms with Gasteiger partial charge in [-0.2, -0.15) is 0 Å². The molecule has 2 heterocycles. The summed E-state index contributed by atoms with van der Waals surface area (Å²) in [6.45, 7) is 2.07. The maximum absolute atomic E-state index is 12.3. The number of esters is 1.